The predicted octanol–water partition coefficient (Wildman–Crippen LogP) is 7.91. The normalized spacial score (nSPS) is 12.0. The highest BCUT2D eigenvalue weighted by atomic mass is 16.5. The van der Waals surface area contributed by atoms with Crippen LogP contribution in [0.1, 0.15) is 142 Å². The van der Waals surface area contributed by atoms with E-state index in [0.29, 0.717) is 12.8 Å². The lowest BCUT2D eigenvalue weighted by Crippen LogP contribution is -2.21. The second-order valence-electron chi connectivity index (χ2n) is 9.77. The number of carboxylic acids is 1. The number of rotatable bonds is 25. The van der Waals surface area contributed by atoms with Gasteiger partial charge in [-0.05, 0) is 44.9 Å². The molecule has 0 aromatic heterocycles. The Hall–Kier alpha value is -1.66. The van der Waals surface area contributed by atoms with Gasteiger partial charge in [0.2, 0.25) is 0 Å². The third kappa shape index (κ3) is 36.6. The first-order chi connectivity index (χ1) is 18.0. The first-order valence-electron chi connectivity index (χ1n) is 14.9. The maximum Gasteiger partial charge on any atom is 0.305 e. The van der Waals surface area contributed by atoms with Crippen molar-refractivity contribution >= 4 is 11.9 Å². The molecule has 37 heavy (non-hydrogen) atoms. The molecular formula is C31H58O6. The van der Waals surface area contributed by atoms with E-state index in [9.17, 15) is 9.59 Å². The molecule has 0 spiro atoms. The van der Waals surface area contributed by atoms with Crippen molar-refractivity contribution in [2.24, 2.45) is 0 Å². The largest absolute Gasteiger partial charge is 0.481 e. The summed E-state index contributed by atoms with van der Waals surface area (Å²) >= 11 is 0. The average Bonchev–Trinajstić information content (AvgIpc) is 2.89. The molecule has 0 fully saturated rings. The fourth-order valence-corrected chi connectivity index (χ4v) is 3.63. The number of carbonyl (C=O) groups excluding carboxylic acids is 1. The minimum atomic E-state index is -0.964. The standard InChI is InChI=1S/C21H38O4.C10H20O2/c1-2-3-4-5-6-7-8-9-10-11-12-13-14-15-16-17-21(24)25-19-20(23)18-22;1-2-3-4-5-6-7-8-9-10(11)12/h6-7,9-10,20,22-23H,2-5,8,11-19H2,1H3;2-9H2,1H3,(H,11,12)/b7-6-,10-9-;. The molecule has 3 N–H and O–H groups in total. The predicted molar refractivity (Wildman–Crippen MR) is 154 cm³/mol. The third-order valence-electron chi connectivity index (χ3n) is 5.97. The lowest BCUT2D eigenvalue weighted by Gasteiger charge is -2.08. The van der Waals surface area contributed by atoms with Crippen LogP contribution in [0.5, 0.6) is 0 Å². The van der Waals surface area contributed by atoms with Crippen molar-refractivity contribution < 1.29 is 29.6 Å². The fourth-order valence-electron chi connectivity index (χ4n) is 3.63. The van der Waals surface area contributed by atoms with Gasteiger partial charge in [-0.3, -0.25) is 9.59 Å². The van der Waals surface area contributed by atoms with Crippen LogP contribution in [0.15, 0.2) is 24.3 Å². The molecule has 0 radical (unpaired) electrons. The number of hydrogen-bond acceptors (Lipinski definition) is 5. The van der Waals surface area contributed by atoms with Crippen LogP contribution in [0.4, 0.5) is 0 Å². The van der Waals surface area contributed by atoms with Crippen molar-refractivity contribution in [1.29, 1.82) is 0 Å². The molecule has 0 bridgehead atoms. The molecule has 0 amide bonds. The summed E-state index contributed by atoms with van der Waals surface area (Å²) in [7, 11) is 0. The highest BCUT2D eigenvalue weighted by molar-refractivity contribution is 5.69. The average molecular weight is 527 g/mol. The summed E-state index contributed by atoms with van der Waals surface area (Å²) in [4.78, 5) is 21.5. The summed E-state index contributed by atoms with van der Waals surface area (Å²) in [5, 5.41) is 26.0. The van der Waals surface area contributed by atoms with Gasteiger partial charge in [0.1, 0.15) is 12.7 Å². The Kier molecular flexibility index (Phi) is 32.8. The number of aliphatic carboxylic acids is 1. The number of hydrogen-bond donors (Lipinski definition) is 3. The molecule has 0 saturated heterocycles. The van der Waals surface area contributed by atoms with Gasteiger partial charge in [0, 0.05) is 12.8 Å². The summed E-state index contributed by atoms with van der Waals surface area (Å²) in [6.07, 6.45) is 29.8. The SMILES string of the molecule is CCCCC/C=C\C/C=C\CCCCCCCC(=O)OCC(O)CO.CCCCCCCCCC(=O)O. The zero-order valence-corrected chi connectivity index (χ0v) is 24.0. The summed E-state index contributed by atoms with van der Waals surface area (Å²) in [5.41, 5.74) is 0. The minimum Gasteiger partial charge on any atom is -0.481 e. The van der Waals surface area contributed by atoms with Crippen molar-refractivity contribution in [3.63, 3.8) is 0 Å². The molecule has 0 aromatic carbocycles. The Balaban J connectivity index is 0. The van der Waals surface area contributed by atoms with Crippen LogP contribution >= 0.6 is 0 Å². The number of unbranched alkanes of at least 4 members (excludes halogenated alkanes) is 14. The summed E-state index contributed by atoms with van der Waals surface area (Å²) in [6.45, 7) is 3.93. The number of carboxylic acid groups (broad SMARTS) is 1. The van der Waals surface area contributed by atoms with Crippen LogP contribution in [0.25, 0.3) is 0 Å². The minimum absolute atomic E-state index is 0.115. The van der Waals surface area contributed by atoms with E-state index >= 15 is 0 Å². The lowest BCUT2D eigenvalue weighted by molar-refractivity contribution is -0.147. The zero-order valence-electron chi connectivity index (χ0n) is 24.0. The second-order valence-corrected chi connectivity index (χ2v) is 9.77. The Morgan fingerprint density at radius 3 is 1.68 bits per heavy atom. The number of aliphatic hydroxyl groups excluding tert-OH is 2. The Bertz CT molecular complexity index is 544. The Morgan fingerprint density at radius 1 is 0.676 bits per heavy atom. The van der Waals surface area contributed by atoms with E-state index < -0.39 is 12.1 Å². The van der Waals surface area contributed by atoms with Gasteiger partial charge in [-0.15, -0.1) is 0 Å². The van der Waals surface area contributed by atoms with E-state index in [4.69, 9.17) is 20.1 Å². The van der Waals surface area contributed by atoms with Gasteiger partial charge in [-0.1, -0.05) is 109 Å². The van der Waals surface area contributed by atoms with Gasteiger partial charge in [0.05, 0.1) is 6.61 Å². The molecule has 6 heteroatoms. The first-order valence-corrected chi connectivity index (χ1v) is 14.9. The van der Waals surface area contributed by atoms with Crippen molar-refractivity contribution in [1.82, 2.24) is 0 Å². The van der Waals surface area contributed by atoms with E-state index in [1.54, 1.807) is 0 Å². The monoisotopic (exact) mass is 526 g/mol. The highest BCUT2D eigenvalue weighted by Crippen LogP contribution is 2.09. The quantitative estimate of drug-likeness (QED) is 0.0634. The summed E-state index contributed by atoms with van der Waals surface area (Å²) in [6, 6.07) is 0. The molecule has 0 aliphatic carbocycles. The first kappa shape index (κ1) is 37.5. The van der Waals surface area contributed by atoms with E-state index in [0.717, 1.165) is 44.9 Å². The van der Waals surface area contributed by atoms with Crippen molar-refractivity contribution in [3.8, 4) is 0 Å². The number of carbonyl (C=O) groups is 2. The van der Waals surface area contributed by atoms with Crippen molar-refractivity contribution in [3.05, 3.63) is 24.3 Å². The van der Waals surface area contributed by atoms with Gasteiger partial charge in [0.15, 0.2) is 0 Å². The molecular weight excluding hydrogens is 468 g/mol. The molecule has 0 aliphatic heterocycles. The fraction of sp³-hybridized carbons (Fsp3) is 0.806. The number of allylic oxidation sites excluding steroid dienone is 4. The molecule has 0 aliphatic rings. The van der Waals surface area contributed by atoms with Crippen LogP contribution in [-0.2, 0) is 14.3 Å². The lowest BCUT2D eigenvalue weighted by atomic mass is 10.1. The molecule has 1 unspecified atom stereocenters. The second kappa shape index (κ2) is 32.4. The Labute approximate surface area is 227 Å². The summed E-state index contributed by atoms with van der Waals surface area (Å²) < 4.78 is 4.85. The molecule has 218 valence electrons. The molecule has 0 rings (SSSR count). The molecule has 1 atom stereocenters. The number of aliphatic hydroxyl groups is 2. The van der Waals surface area contributed by atoms with Crippen molar-refractivity contribution in [2.75, 3.05) is 13.2 Å². The molecule has 0 aromatic rings. The zero-order chi connectivity index (χ0) is 27.8. The third-order valence-corrected chi connectivity index (χ3v) is 5.97. The van der Waals surface area contributed by atoms with Gasteiger partial charge < -0.3 is 20.1 Å². The number of esters is 1. The van der Waals surface area contributed by atoms with E-state index in [1.807, 2.05) is 0 Å². The maximum atomic E-state index is 11.4. The summed E-state index contributed by atoms with van der Waals surface area (Å²) in [5.74, 6) is -0.957. The van der Waals surface area contributed by atoms with E-state index in [1.165, 1.54) is 70.6 Å². The van der Waals surface area contributed by atoms with Crippen LogP contribution in [0.3, 0.4) is 0 Å². The van der Waals surface area contributed by atoms with E-state index in [2.05, 4.69) is 38.2 Å². The van der Waals surface area contributed by atoms with Crippen LogP contribution in [0, 0.1) is 0 Å². The topological polar surface area (TPSA) is 104 Å². The van der Waals surface area contributed by atoms with Gasteiger partial charge in [0.25, 0.3) is 0 Å². The van der Waals surface area contributed by atoms with Gasteiger partial charge >= 0.3 is 11.9 Å². The van der Waals surface area contributed by atoms with Crippen LogP contribution in [0.2, 0.25) is 0 Å². The van der Waals surface area contributed by atoms with E-state index in [-0.39, 0.29) is 19.2 Å². The highest BCUT2D eigenvalue weighted by Gasteiger charge is 2.07. The Morgan fingerprint density at radius 2 is 1.14 bits per heavy atom. The van der Waals surface area contributed by atoms with Gasteiger partial charge in [-0.2, -0.15) is 0 Å². The van der Waals surface area contributed by atoms with Crippen molar-refractivity contribution in [2.45, 2.75) is 148 Å². The maximum absolute atomic E-state index is 11.4. The smallest absolute Gasteiger partial charge is 0.305 e. The van der Waals surface area contributed by atoms with Gasteiger partial charge in [-0.25, -0.2) is 0 Å². The molecule has 6 nitrogen and oxygen atoms in total. The molecule has 0 saturated carbocycles. The van der Waals surface area contributed by atoms with Crippen LogP contribution < -0.4 is 0 Å². The number of ether oxygens (including phenoxy) is 1. The van der Waals surface area contributed by atoms with Crippen LogP contribution in [-0.4, -0.2) is 46.6 Å². The molecule has 0 heterocycles.